The first-order chi connectivity index (χ1) is 11.6. The third-order valence-electron chi connectivity index (χ3n) is 4.42. The molecular formula is C17H17N3O4. The molecule has 4 rings (SSSR count). The summed E-state index contributed by atoms with van der Waals surface area (Å²) in [6.45, 7) is 1.07. The highest BCUT2D eigenvalue weighted by Crippen LogP contribution is 2.32. The number of ether oxygens (including phenoxy) is 2. The van der Waals surface area contributed by atoms with Crippen molar-refractivity contribution in [3.63, 3.8) is 0 Å². The lowest BCUT2D eigenvalue weighted by atomic mass is 9.94. The first-order valence-corrected chi connectivity index (χ1v) is 7.98. The molecule has 0 unspecified atom stereocenters. The van der Waals surface area contributed by atoms with Gasteiger partial charge in [-0.25, -0.2) is 9.48 Å². The van der Waals surface area contributed by atoms with Gasteiger partial charge in [-0.05, 0) is 31.7 Å². The highest BCUT2D eigenvalue weighted by molar-refractivity contribution is 5.94. The second-order valence-corrected chi connectivity index (χ2v) is 6.28. The lowest BCUT2D eigenvalue weighted by Gasteiger charge is -2.32. The lowest BCUT2D eigenvalue weighted by molar-refractivity contribution is 0.0238. The van der Waals surface area contributed by atoms with Gasteiger partial charge in [-0.2, -0.15) is 10.1 Å². The molecule has 2 fully saturated rings. The molecule has 2 aromatic rings. The number of carboxylic acid groups (broad SMARTS) is 1. The van der Waals surface area contributed by atoms with Crippen molar-refractivity contribution in [2.75, 3.05) is 13.2 Å². The van der Waals surface area contributed by atoms with Crippen LogP contribution in [-0.2, 0) is 10.3 Å². The van der Waals surface area contributed by atoms with Crippen LogP contribution in [0, 0.1) is 12.3 Å². The summed E-state index contributed by atoms with van der Waals surface area (Å²) in [6, 6.07) is 1.54. The fraction of sp³-hybridized carbons (Fsp3) is 0.471. The third kappa shape index (κ3) is 2.49. The van der Waals surface area contributed by atoms with E-state index in [1.165, 1.54) is 0 Å². The van der Waals surface area contributed by atoms with Crippen LogP contribution in [0.3, 0.4) is 0 Å². The van der Waals surface area contributed by atoms with Gasteiger partial charge in [-0.1, -0.05) is 5.92 Å². The number of fused-ring (bicyclic) bond motifs is 1. The van der Waals surface area contributed by atoms with Gasteiger partial charge in [0.15, 0.2) is 5.65 Å². The Morgan fingerprint density at radius 2 is 2.38 bits per heavy atom. The molecule has 1 aliphatic heterocycles. The van der Waals surface area contributed by atoms with Crippen molar-refractivity contribution in [3.05, 3.63) is 17.8 Å². The lowest BCUT2D eigenvalue weighted by Crippen LogP contribution is -2.40. The first-order valence-electron chi connectivity index (χ1n) is 7.98. The van der Waals surface area contributed by atoms with Crippen molar-refractivity contribution < 1.29 is 19.4 Å². The number of pyridine rings is 1. The summed E-state index contributed by atoms with van der Waals surface area (Å²) in [6.07, 6.45) is 11.0. The molecule has 7 heteroatoms. The third-order valence-corrected chi connectivity index (χ3v) is 4.42. The summed E-state index contributed by atoms with van der Waals surface area (Å²) >= 11 is 0. The van der Waals surface area contributed by atoms with E-state index in [2.05, 4.69) is 16.0 Å². The fourth-order valence-electron chi connectivity index (χ4n) is 2.89. The van der Waals surface area contributed by atoms with Gasteiger partial charge in [-0.15, -0.1) is 6.42 Å². The van der Waals surface area contributed by atoms with Gasteiger partial charge in [0.25, 0.3) is 0 Å². The van der Waals surface area contributed by atoms with E-state index in [0.717, 1.165) is 25.7 Å². The number of terminal acetylenes is 1. The van der Waals surface area contributed by atoms with Gasteiger partial charge in [-0.3, -0.25) is 0 Å². The van der Waals surface area contributed by atoms with Crippen LogP contribution in [0.2, 0.25) is 0 Å². The number of rotatable bonds is 4. The Balaban J connectivity index is 1.79. The average Bonchev–Trinajstić information content (AvgIpc) is 3.30. The maximum absolute atomic E-state index is 11.5. The molecule has 0 aromatic carbocycles. The summed E-state index contributed by atoms with van der Waals surface area (Å²) in [5.74, 6) is 1.84. The van der Waals surface area contributed by atoms with Crippen molar-refractivity contribution in [3.8, 4) is 18.2 Å². The number of carbonyl (C=O) groups is 1. The van der Waals surface area contributed by atoms with Crippen molar-refractivity contribution in [2.24, 2.45) is 0 Å². The van der Waals surface area contributed by atoms with E-state index in [0.29, 0.717) is 24.2 Å². The normalized spacial score (nSPS) is 23.8. The van der Waals surface area contributed by atoms with Crippen LogP contribution in [0.25, 0.3) is 11.0 Å². The molecule has 1 atom stereocenters. The van der Waals surface area contributed by atoms with E-state index < -0.39 is 11.5 Å². The maximum Gasteiger partial charge on any atom is 0.341 e. The molecular weight excluding hydrogens is 310 g/mol. The smallest absolute Gasteiger partial charge is 0.341 e. The Morgan fingerprint density at radius 3 is 3.00 bits per heavy atom. The number of carboxylic acids is 1. The summed E-state index contributed by atoms with van der Waals surface area (Å²) in [5.41, 5.74) is -0.181. The number of nitrogens with zero attached hydrogens (tertiary/aromatic N) is 3. The number of aromatic nitrogens is 3. The van der Waals surface area contributed by atoms with Crippen LogP contribution in [0.15, 0.2) is 12.3 Å². The summed E-state index contributed by atoms with van der Waals surface area (Å²) in [7, 11) is 0. The molecule has 0 amide bonds. The minimum absolute atomic E-state index is 0.0450. The number of aromatic carboxylic acids is 1. The van der Waals surface area contributed by atoms with Crippen LogP contribution >= 0.6 is 0 Å². The number of hydrogen-bond acceptors (Lipinski definition) is 5. The van der Waals surface area contributed by atoms with E-state index in [-0.39, 0.29) is 17.5 Å². The van der Waals surface area contributed by atoms with E-state index in [9.17, 15) is 9.90 Å². The Bertz CT molecular complexity index is 841. The minimum atomic E-state index is -1.07. The SMILES string of the molecule is C#C[C@]1(n2cc3cc(C(=O)O)c(OC4CC4)nc3n2)CCCOC1. The van der Waals surface area contributed by atoms with E-state index >= 15 is 0 Å². The maximum atomic E-state index is 11.5. The second-order valence-electron chi connectivity index (χ2n) is 6.28. The van der Waals surface area contributed by atoms with E-state index in [1.807, 2.05) is 0 Å². The predicted molar refractivity (Wildman–Crippen MR) is 85.0 cm³/mol. The van der Waals surface area contributed by atoms with Crippen molar-refractivity contribution in [1.82, 2.24) is 14.8 Å². The van der Waals surface area contributed by atoms with Crippen molar-refractivity contribution in [2.45, 2.75) is 37.3 Å². The Morgan fingerprint density at radius 1 is 1.54 bits per heavy atom. The molecule has 2 aromatic heterocycles. The zero-order chi connectivity index (χ0) is 16.7. The van der Waals surface area contributed by atoms with Gasteiger partial charge >= 0.3 is 5.97 Å². The molecule has 1 N–H and O–H groups in total. The van der Waals surface area contributed by atoms with Crippen molar-refractivity contribution in [1.29, 1.82) is 0 Å². The summed E-state index contributed by atoms with van der Waals surface area (Å²) < 4.78 is 12.8. The van der Waals surface area contributed by atoms with Gasteiger partial charge < -0.3 is 14.6 Å². The zero-order valence-electron chi connectivity index (χ0n) is 13.1. The van der Waals surface area contributed by atoms with Crippen LogP contribution in [0.5, 0.6) is 5.88 Å². The molecule has 0 bridgehead atoms. The van der Waals surface area contributed by atoms with Gasteiger partial charge in [0, 0.05) is 18.2 Å². The molecule has 0 spiro atoms. The highest BCUT2D eigenvalue weighted by atomic mass is 16.5. The first kappa shape index (κ1) is 15.0. The monoisotopic (exact) mass is 327 g/mol. The van der Waals surface area contributed by atoms with Gasteiger partial charge in [0.05, 0.1) is 6.61 Å². The Kier molecular flexibility index (Phi) is 3.43. The molecule has 2 aliphatic rings. The molecule has 1 saturated carbocycles. The quantitative estimate of drug-likeness (QED) is 0.862. The van der Waals surface area contributed by atoms with Gasteiger partial charge in [0.2, 0.25) is 5.88 Å². The van der Waals surface area contributed by atoms with Crippen LogP contribution in [0.4, 0.5) is 0 Å². The van der Waals surface area contributed by atoms with Gasteiger partial charge in [0.1, 0.15) is 17.2 Å². The van der Waals surface area contributed by atoms with Crippen LogP contribution in [0.1, 0.15) is 36.0 Å². The average molecular weight is 327 g/mol. The topological polar surface area (TPSA) is 86.5 Å². The molecule has 3 heterocycles. The fourth-order valence-corrected chi connectivity index (χ4v) is 2.89. The largest absolute Gasteiger partial charge is 0.477 e. The molecule has 1 saturated heterocycles. The Labute approximate surface area is 138 Å². The highest BCUT2D eigenvalue weighted by Gasteiger charge is 2.34. The van der Waals surface area contributed by atoms with Crippen LogP contribution in [-0.4, -0.2) is 45.2 Å². The summed E-state index contributed by atoms with van der Waals surface area (Å²) in [5, 5.41) is 14.5. The standard InChI is InChI=1S/C17H17N3O4/c1-2-17(6-3-7-23-10-17)20-9-11-8-13(16(21)22)15(18-14(11)19-20)24-12-4-5-12/h1,8-9,12H,3-7,10H2,(H,21,22)/t17-/m0/s1. The van der Waals surface area contributed by atoms with Crippen LogP contribution < -0.4 is 4.74 Å². The van der Waals surface area contributed by atoms with E-state index in [1.54, 1.807) is 16.9 Å². The van der Waals surface area contributed by atoms with E-state index in [4.69, 9.17) is 15.9 Å². The number of hydrogen-bond donors (Lipinski definition) is 1. The minimum Gasteiger partial charge on any atom is -0.477 e. The zero-order valence-corrected chi connectivity index (χ0v) is 13.1. The predicted octanol–water partition coefficient (Wildman–Crippen LogP) is 1.81. The summed E-state index contributed by atoms with van der Waals surface area (Å²) in [4.78, 5) is 15.8. The molecule has 124 valence electrons. The molecule has 1 aliphatic carbocycles. The molecule has 0 radical (unpaired) electrons. The molecule has 24 heavy (non-hydrogen) atoms. The van der Waals surface area contributed by atoms with Crippen molar-refractivity contribution >= 4 is 17.0 Å². The Hall–Kier alpha value is -2.59. The second kappa shape index (κ2) is 5.49. The molecule has 7 nitrogen and oxygen atoms in total.